The number of aliphatic hydroxyl groups excluding tert-OH is 1. The molecule has 0 unspecified atom stereocenters. The smallest absolute Gasteiger partial charge is 0.132 e. The largest absolute Gasteiger partial charge is 0.393 e. The molecule has 0 bridgehead atoms. The summed E-state index contributed by atoms with van der Waals surface area (Å²) in [7, 11) is 0. The van der Waals surface area contributed by atoms with E-state index in [4.69, 9.17) is 0 Å². The summed E-state index contributed by atoms with van der Waals surface area (Å²) in [6, 6.07) is 0. The lowest BCUT2D eigenvalue weighted by molar-refractivity contribution is 0.111. The second-order valence-corrected chi connectivity index (χ2v) is 5.56. The molecule has 98 valence electrons. The van der Waals surface area contributed by atoms with E-state index >= 15 is 0 Å². The number of nitrogens with one attached hydrogen (secondary N) is 1. The molecular formula is C14H21N3O. The van der Waals surface area contributed by atoms with E-state index < -0.39 is 0 Å². The summed E-state index contributed by atoms with van der Waals surface area (Å²) in [6.45, 7) is 0.982. The van der Waals surface area contributed by atoms with Crippen molar-refractivity contribution in [2.24, 2.45) is 5.92 Å². The van der Waals surface area contributed by atoms with Gasteiger partial charge in [0.05, 0.1) is 6.10 Å². The van der Waals surface area contributed by atoms with Crippen LogP contribution in [0.3, 0.4) is 0 Å². The van der Waals surface area contributed by atoms with E-state index in [2.05, 4.69) is 15.3 Å². The molecule has 1 aromatic heterocycles. The number of fused-ring (bicyclic) bond motifs is 1. The maximum absolute atomic E-state index is 9.50. The van der Waals surface area contributed by atoms with Gasteiger partial charge in [0, 0.05) is 17.8 Å². The Hall–Kier alpha value is -1.16. The Morgan fingerprint density at radius 1 is 1.17 bits per heavy atom. The van der Waals surface area contributed by atoms with E-state index in [9.17, 15) is 5.11 Å². The van der Waals surface area contributed by atoms with Crippen LogP contribution in [0.15, 0.2) is 6.33 Å². The summed E-state index contributed by atoms with van der Waals surface area (Å²) in [4.78, 5) is 8.72. The molecule has 0 amide bonds. The van der Waals surface area contributed by atoms with Crippen LogP contribution in [0, 0.1) is 5.92 Å². The predicted octanol–water partition coefficient (Wildman–Crippen LogP) is 1.93. The van der Waals surface area contributed by atoms with Gasteiger partial charge in [0.2, 0.25) is 0 Å². The van der Waals surface area contributed by atoms with Gasteiger partial charge in [-0.15, -0.1) is 0 Å². The Labute approximate surface area is 108 Å². The fourth-order valence-corrected chi connectivity index (χ4v) is 3.10. The maximum Gasteiger partial charge on any atom is 0.132 e. The first-order valence-corrected chi connectivity index (χ1v) is 7.07. The molecule has 1 heterocycles. The normalized spacial score (nSPS) is 26.9. The van der Waals surface area contributed by atoms with E-state index in [0.29, 0.717) is 5.92 Å². The molecule has 0 aliphatic heterocycles. The van der Waals surface area contributed by atoms with Crippen LogP contribution in [-0.2, 0) is 12.8 Å². The minimum absolute atomic E-state index is 0.0652. The van der Waals surface area contributed by atoms with Crippen molar-refractivity contribution in [3.63, 3.8) is 0 Å². The highest BCUT2D eigenvalue weighted by Crippen LogP contribution is 2.27. The first-order valence-electron chi connectivity index (χ1n) is 7.07. The molecule has 4 nitrogen and oxygen atoms in total. The molecule has 4 heteroatoms. The quantitative estimate of drug-likeness (QED) is 0.857. The molecule has 18 heavy (non-hydrogen) atoms. The van der Waals surface area contributed by atoms with Crippen LogP contribution in [0.4, 0.5) is 5.82 Å². The van der Waals surface area contributed by atoms with Crippen LogP contribution in [0.25, 0.3) is 0 Å². The van der Waals surface area contributed by atoms with Crippen LogP contribution in [-0.4, -0.2) is 27.7 Å². The van der Waals surface area contributed by atoms with Crippen molar-refractivity contribution in [1.82, 2.24) is 9.97 Å². The first kappa shape index (κ1) is 11.9. The molecule has 0 aromatic carbocycles. The Kier molecular flexibility index (Phi) is 3.46. The Bertz CT molecular complexity index is 414. The van der Waals surface area contributed by atoms with E-state index in [1.807, 2.05) is 0 Å². The van der Waals surface area contributed by atoms with Gasteiger partial charge >= 0.3 is 0 Å². The second kappa shape index (κ2) is 5.22. The Morgan fingerprint density at radius 3 is 2.83 bits per heavy atom. The number of rotatable bonds is 3. The van der Waals surface area contributed by atoms with Crippen molar-refractivity contribution in [2.45, 2.75) is 51.0 Å². The summed E-state index contributed by atoms with van der Waals surface area (Å²) >= 11 is 0. The van der Waals surface area contributed by atoms with E-state index in [1.54, 1.807) is 6.33 Å². The standard InChI is InChI=1S/C14H21N3O/c18-11-6-4-10(5-7-11)8-15-14-12-2-1-3-13(12)16-9-17-14/h9-11,18H,1-8H2,(H,15,16,17). The average Bonchev–Trinajstić information content (AvgIpc) is 2.87. The Balaban J connectivity index is 1.59. The highest BCUT2D eigenvalue weighted by atomic mass is 16.3. The molecule has 0 spiro atoms. The fourth-order valence-electron chi connectivity index (χ4n) is 3.10. The van der Waals surface area contributed by atoms with Crippen LogP contribution in [0.1, 0.15) is 43.4 Å². The third-order valence-electron chi connectivity index (χ3n) is 4.25. The fraction of sp³-hybridized carbons (Fsp3) is 0.714. The van der Waals surface area contributed by atoms with E-state index in [0.717, 1.165) is 50.9 Å². The van der Waals surface area contributed by atoms with Crippen LogP contribution in [0.5, 0.6) is 0 Å². The predicted molar refractivity (Wildman–Crippen MR) is 70.5 cm³/mol. The van der Waals surface area contributed by atoms with Gasteiger partial charge in [-0.05, 0) is 50.9 Å². The number of aliphatic hydroxyl groups is 1. The van der Waals surface area contributed by atoms with Gasteiger partial charge in [-0.25, -0.2) is 9.97 Å². The average molecular weight is 247 g/mol. The summed E-state index contributed by atoms with van der Waals surface area (Å²) in [5.41, 5.74) is 2.56. The SMILES string of the molecule is OC1CCC(CNc2ncnc3c2CCC3)CC1. The summed E-state index contributed by atoms with van der Waals surface area (Å²) in [5, 5.41) is 13.0. The third-order valence-corrected chi connectivity index (χ3v) is 4.25. The minimum atomic E-state index is -0.0652. The molecule has 0 radical (unpaired) electrons. The molecule has 2 aliphatic carbocycles. The van der Waals surface area contributed by atoms with Crippen molar-refractivity contribution in [2.75, 3.05) is 11.9 Å². The Morgan fingerprint density at radius 2 is 2.00 bits per heavy atom. The number of hydrogen-bond donors (Lipinski definition) is 2. The van der Waals surface area contributed by atoms with Crippen LogP contribution in [0.2, 0.25) is 0 Å². The zero-order chi connectivity index (χ0) is 12.4. The second-order valence-electron chi connectivity index (χ2n) is 5.56. The lowest BCUT2D eigenvalue weighted by Gasteiger charge is -2.25. The number of hydrogen-bond acceptors (Lipinski definition) is 4. The van der Waals surface area contributed by atoms with Gasteiger partial charge in [-0.3, -0.25) is 0 Å². The van der Waals surface area contributed by atoms with Crippen LogP contribution >= 0.6 is 0 Å². The van der Waals surface area contributed by atoms with E-state index in [-0.39, 0.29) is 6.10 Å². The molecule has 2 aliphatic rings. The first-order chi connectivity index (χ1) is 8.83. The molecular weight excluding hydrogens is 226 g/mol. The third kappa shape index (κ3) is 2.48. The highest BCUT2D eigenvalue weighted by molar-refractivity contribution is 5.47. The topological polar surface area (TPSA) is 58.0 Å². The van der Waals surface area contributed by atoms with E-state index in [1.165, 1.54) is 17.7 Å². The zero-order valence-corrected chi connectivity index (χ0v) is 10.7. The van der Waals surface area contributed by atoms with Crippen LogP contribution < -0.4 is 5.32 Å². The molecule has 0 saturated heterocycles. The maximum atomic E-state index is 9.50. The summed E-state index contributed by atoms with van der Waals surface area (Å²) < 4.78 is 0. The summed E-state index contributed by atoms with van der Waals surface area (Å²) in [6.07, 6.45) is 9.19. The van der Waals surface area contributed by atoms with Gasteiger partial charge in [-0.1, -0.05) is 0 Å². The molecule has 1 fully saturated rings. The number of nitrogens with zero attached hydrogens (tertiary/aromatic N) is 2. The van der Waals surface area contributed by atoms with Gasteiger partial charge in [0.1, 0.15) is 12.1 Å². The van der Waals surface area contributed by atoms with Gasteiger partial charge < -0.3 is 10.4 Å². The monoisotopic (exact) mass is 247 g/mol. The molecule has 0 atom stereocenters. The lowest BCUT2D eigenvalue weighted by Crippen LogP contribution is -2.24. The van der Waals surface area contributed by atoms with Crippen molar-refractivity contribution < 1.29 is 5.11 Å². The van der Waals surface area contributed by atoms with Gasteiger partial charge in [0.15, 0.2) is 0 Å². The highest BCUT2D eigenvalue weighted by Gasteiger charge is 2.21. The van der Waals surface area contributed by atoms with Crippen molar-refractivity contribution in [1.29, 1.82) is 0 Å². The molecule has 3 rings (SSSR count). The zero-order valence-electron chi connectivity index (χ0n) is 10.7. The summed E-state index contributed by atoms with van der Waals surface area (Å²) in [5.74, 6) is 1.73. The lowest BCUT2D eigenvalue weighted by atomic mass is 9.87. The van der Waals surface area contributed by atoms with Crippen molar-refractivity contribution in [3.05, 3.63) is 17.6 Å². The molecule has 1 saturated carbocycles. The molecule has 1 aromatic rings. The van der Waals surface area contributed by atoms with Crippen molar-refractivity contribution in [3.8, 4) is 0 Å². The number of aromatic nitrogens is 2. The minimum Gasteiger partial charge on any atom is -0.393 e. The molecule has 2 N–H and O–H groups in total. The van der Waals surface area contributed by atoms with Crippen molar-refractivity contribution >= 4 is 5.82 Å². The van der Waals surface area contributed by atoms with Gasteiger partial charge in [-0.2, -0.15) is 0 Å². The number of anilines is 1. The number of aryl methyl sites for hydroxylation is 1. The van der Waals surface area contributed by atoms with Gasteiger partial charge in [0.25, 0.3) is 0 Å².